The molecular formula is C20H19F3N2O2. The second-order valence-electron chi connectivity index (χ2n) is 6.51. The van der Waals surface area contributed by atoms with Crippen LogP contribution in [0.3, 0.4) is 0 Å². The molecule has 1 saturated carbocycles. The number of halogens is 3. The molecule has 2 unspecified atom stereocenters. The van der Waals surface area contributed by atoms with Crippen LogP contribution in [-0.4, -0.2) is 18.4 Å². The maximum Gasteiger partial charge on any atom is 0.418 e. The average molecular weight is 376 g/mol. The van der Waals surface area contributed by atoms with Gasteiger partial charge in [0.2, 0.25) is 11.8 Å². The first-order valence-corrected chi connectivity index (χ1v) is 8.65. The molecule has 0 saturated heterocycles. The first-order chi connectivity index (χ1) is 12.9. The summed E-state index contributed by atoms with van der Waals surface area (Å²) in [6, 6.07) is 14.5. The van der Waals surface area contributed by atoms with E-state index in [1.165, 1.54) is 18.2 Å². The van der Waals surface area contributed by atoms with E-state index in [0.717, 1.165) is 11.6 Å². The molecule has 0 bridgehead atoms. The van der Waals surface area contributed by atoms with Crippen molar-refractivity contribution in [3.05, 3.63) is 65.7 Å². The number of hydrogen-bond donors (Lipinski definition) is 2. The van der Waals surface area contributed by atoms with E-state index in [-0.39, 0.29) is 11.6 Å². The van der Waals surface area contributed by atoms with Crippen LogP contribution in [0, 0.1) is 11.8 Å². The van der Waals surface area contributed by atoms with Gasteiger partial charge in [0, 0.05) is 6.54 Å². The minimum Gasteiger partial charge on any atom is -0.356 e. The minimum absolute atomic E-state index is 0.241. The molecule has 2 atom stereocenters. The van der Waals surface area contributed by atoms with E-state index in [1.807, 2.05) is 30.3 Å². The van der Waals surface area contributed by atoms with E-state index < -0.39 is 29.5 Å². The predicted molar refractivity (Wildman–Crippen MR) is 94.8 cm³/mol. The van der Waals surface area contributed by atoms with Gasteiger partial charge in [-0.3, -0.25) is 9.59 Å². The zero-order chi connectivity index (χ0) is 19.4. The van der Waals surface area contributed by atoms with Crippen LogP contribution in [0.1, 0.15) is 17.5 Å². The first kappa shape index (κ1) is 18.9. The van der Waals surface area contributed by atoms with Crippen molar-refractivity contribution in [2.24, 2.45) is 11.8 Å². The van der Waals surface area contributed by atoms with Crippen LogP contribution < -0.4 is 10.6 Å². The molecule has 3 rings (SSSR count). The fourth-order valence-electron chi connectivity index (χ4n) is 2.95. The number of anilines is 1. The molecule has 2 aromatic rings. The minimum atomic E-state index is -4.55. The van der Waals surface area contributed by atoms with Gasteiger partial charge < -0.3 is 10.6 Å². The van der Waals surface area contributed by atoms with Gasteiger partial charge in [0.05, 0.1) is 23.1 Å². The van der Waals surface area contributed by atoms with E-state index in [9.17, 15) is 22.8 Å². The summed E-state index contributed by atoms with van der Waals surface area (Å²) in [5.74, 6) is -1.88. The number of carbonyl (C=O) groups excluding carboxylic acids is 2. The van der Waals surface area contributed by atoms with Gasteiger partial charge in [0.1, 0.15) is 0 Å². The highest BCUT2D eigenvalue weighted by atomic mass is 19.4. The van der Waals surface area contributed by atoms with Crippen molar-refractivity contribution in [1.82, 2.24) is 5.32 Å². The monoisotopic (exact) mass is 376 g/mol. The summed E-state index contributed by atoms with van der Waals surface area (Å²) in [5.41, 5.74) is -0.0975. The quantitative estimate of drug-likeness (QED) is 0.809. The van der Waals surface area contributed by atoms with Gasteiger partial charge in [-0.1, -0.05) is 42.5 Å². The maximum absolute atomic E-state index is 13.0. The molecule has 2 amide bonds. The highest BCUT2D eigenvalue weighted by Gasteiger charge is 2.48. The zero-order valence-corrected chi connectivity index (χ0v) is 14.4. The van der Waals surface area contributed by atoms with E-state index in [4.69, 9.17) is 0 Å². The molecule has 27 heavy (non-hydrogen) atoms. The Hall–Kier alpha value is -2.83. The predicted octanol–water partition coefficient (Wildman–Crippen LogP) is 3.64. The lowest BCUT2D eigenvalue weighted by atomic mass is 10.1. The van der Waals surface area contributed by atoms with Crippen LogP contribution in [0.2, 0.25) is 0 Å². The molecule has 1 fully saturated rings. The molecule has 0 aromatic heterocycles. The van der Waals surface area contributed by atoms with Gasteiger partial charge in [-0.2, -0.15) is 13.2 Å². The number of carbonyl (C=O) groups is 2. The molecule has 1 aliphatic carbocycles. The number of benzene rings is 2. The number of rotatable bonds is 6. The molecule has 7 heteroatoms. The van der Waals surface area contributed by atoms with Crippen LogP contribution in [0.15, 0.2) is 54.6 Å². The van der Waals surface area contributed by atoms with Crippen LogP contribution in [-0.2, 0) is 22.2 Å². The Morgan fingerprint density at radius 2 is 1.56 bits per heavy atom. The van der Waals surface area contributed by atoms with E-state index in [2.05, 4.69) is 10.6 Å². The Morgan fingerprint density at radius 3 is 2.26 bits per heavy atom. The molecular weight excluding hydrogens is 357 g/mol. The number of hydrogen-bond acceptors (Lipinski definition) is 2. The summed E-state index contributed by atoms with van der Waals surface area (Å²) in [6.07, 6.45) is -3.53. The molecule has 0 aliphatic heterocycles. The molecule has 4 nitrogen and oxygen atoms in total. The van der Waals surface area contributed by atoms with Gasteiger partial charge in [0.15, 0.2) is 0 Å². The normalized spacial score (nSPS) is 18.6. The standard InChI is InChI=1S/C20H19F3N2O2/c21-20(22,23)16-8-4-5-9-17(16)25-19(27)15-12-14(15)18(26)24-11-10-13-6-2-1-3-7-13/h1-9,14-15H,10-12H2,(H,24,26)(H,25,27). The molecule has 0 heterocycles. The lowest BCUT2D eigenvalue weighted by Crippen LogP contribution is -2.29. The molecule has 1 aliphatic rings. The SMILES string of the molecule is O=C(NCCc1ccccc1)C1CC1C(=O)Nc1ccccc1C(F)(F)F. The van der Waals surface area contributed by atoms with Crippen molar-refractivity contribution in [1.29, 1.82) is 0 Å². The third-order valence-corrected chi connectivity index (χ3v) is 4.51. The summed E-state index contributed by atoms with van der Waals surface area (Å²) in [6.45, 7) is 0.449. The van der Waals surface area contributed by atoms with Crippen LogP contribution in [0.4, 0.5) is 18.9 Å². The molecule has 2 N–H and O–H groups in total. The fraction of sp³-hybridized carbons (Fsp3) is 0.300. The van der Waals surface area contributed by atoms with Gasteiger partial charge in [0.25, 0.3) is 0 Å². The van der Waals surface area contributed by atoms with Crippen molar-refractivity contribution in [3.63, 3.8) is 0 Å². The topological polar surface area (TPSA) is 58.2 Å². The Labute approximate surface area is 154 Å². The summed E-state index contributed by atoms with van der Waals surface area (Å²) in [4.78, 5) is 24.3. The van der Waals surface area contributed by atoms with Gasteiger partial charge in [-0.05, 0) is 30.5 Å². The first-order valence-electron chi connectivity index (χ1n) is 8.65. The maximum atomic E-state index is 13.0. The van der Waals surface area contributed by atoms with Crippen molar-refractivity contribution in [2.45, 2.75) is 19.0 Å². The average Bonchev–Trinajstić information content (AvgIpc) is 3.43. The molecule has 0 radical (unpaired) electrons. The highest BCUT2D eigenvalue weighted by Crippen LogP contribution is 2.41. The zero-order valence-electron chi connectivity index (χ0n) is 14.4. The largest absolute Gasteiger partial charge is 0.418 e. The fourth-order valence-corrected chi connectivity index (χ4v) is 2.95. The summed E-state index contributed by atoms with van der Waals surface area (Å²) >= 11 is 0. The van der Waals surface area contributed by atoms with E-state index in [1.54, 1.807) is 0 Å². The number of amides is 2. The Bertz CT molecular complexity index is 821. The molecule has 142 valence electrons. The van der Waals surface area contributed by atoms with Crippen LogP contribution in [0.5, 0.6) is 0 Å². The second kappa shape index (κ2) is 7.82. The Morgan fingerprint density at radius 1 is 0.926 bits per heavy atom. The summed E-state index contributed by atoms with van der Waals surface area (Å²) < 4.78 is 39.0. The van der Waals surface area contributed by atoms with Crippen molar-refractivity contribution >= 4 is 17.5 Å². The number of para-hydroxylation sites is 1. The lowest BCUT2D eigenvalue weighted by molar-refractivity contribution is -0.137. The molecule has 2 aromatic carbocycles. The van der Waals surface area contributed by atoms with Crippen molar-refractivity contribution in [2.75, 3.05) is 11.9 Å². The second-order valence-corrected chi connectivity index (χ2v) is 6.51. The van der Waals surface area contributed by atoms with E-state index >= 15 is 0 Å². The smallest absolute Gasteiger partial charge is 0.356 e. The van der Waals surface area contributed by atoms with Crippen LogP contribution >= 0.6 is 0 Å². The highest BCUT2D eigenvalue weighted by molar-refractivity contribution is 6.00. The van der Waals surface area contributed by atoms with Crippen molar-refractivity contribution in [3.8, 4) is 0 Å². The summed E-state index contributed by atoms with van der Waals surface area (Å²) in [5, 5.41) is 5.09. The third-order valence-electron chi connectivity index (χ3n) is 4.51. The molecule has 0 spiro atoms. The summed E-state index contributed by atoms with van der Waals surface area (Å²) in [7, 11) is 0. The lowest BCUT2D eigenvalue weighted by Gasteiger charge is -2.13. The van der Waals surface area contributed by atoms with Gasteiger partial charge >= 0.3 is 6.18 Å². The number of alkyl halides is 3. The van der Waals surface area contributed by atoms with Crippen LogP contribution in [0.25, 0.3) is 0 Å². The van der Waals surface area contributed by atoms with Gasteiger partial charge in [-0.15, -0.1) is 0 Å². The third kappa shape index (κ3) is 4.87. The Kier molecular flexibility index (Phi) is 5.48. The Balaban J connectivity index is 1.50. The number of nitrogens with one attached hydrogen (secondary N) is 2. The van der Waals surface area contributed by atoms with E-state index in [0.29, 0.717) is 19.4 Å². The van der Waals surface area contributed by atoms with Crippen molar-refractivity contribution < 1.29 is 22.8 Å². The van der Waals surface area contributed by atoms with Gasteiger partial charge in [-0.25, -0.2) is 0 Å².